The molecule has 0 aromatic rings. The van der Waals surface area contributed by atoms with Crippen molar-refractivity contribution in [1.29, 1.82) is 0 Å². The average Bonchev–Trinajstić information content (AvgIpc) is 2.14. The molecule has 1 aliphatic heterocycles. The number of piperidine rings is 1. The highest BCUT2D eigenvalue weighted by Gasteiger charge is 2.20. The minimum atomic E-state index is 0. The summed E-state index contributed by atoms with van der Waals surface area (Å²) in [6.07, 6.45) is 2.64. The van der Waals surface area contributed by atoms with Crippen LogP contribution in [0.1, 0.15) is 47.5 Å². The topological polar surface area (TPSA) is 15.3 Å². The van der Waals surface area contributed by atoms with E-state index < -0.39 is 0 Å². The lowest BCUT2D eigenvalue weighted by Gasteiger charge is -2.34. The monoisotopic (exact) mass is 262 g/mol. The third-order valence-electron chi connectivity index (χ3n) is 3.13. The Morgan fingerprint density at radius 2 is 1.71 bits per heavy atom. The molecule has 104 valence electrons. The van der Waals surface area contributed by atoms with Gasteiger partial charge in [0, 0.05) is 19.1 Å². The Hall–Kier alpha value is 0.210. The number of hydrogen-bond acceptors (Lipinski definition) is 2. The molecule has 1 rings (SSSR count). The van der Waals surface area contributed by atoms with Gasteiger partial charge in [-0.1, -0.05) is 34.6 Å². The van der Waals surface area contributed by atoms with E-state index in [1.165, 1.54) is 32.5 Å². The van der Waals surface area contributed by atoms with Crippen LogP contribution in [0.25, 0.3) is 0 Å². The van der Waals surface area contributed by atoms with Gasteiger partial charge in [0.1, 0.15) is 0 Å². The van der Waals surface area contributed by atoms with Crippen molar-refractivity contribution in [3.05, 3.63) is 0 Å². The lowest BCUT2D eigenvalue weighted by molar-refractivity contribution is 0.174. The standard InChI is InChI=1S/C14H30N2.ClH/c1-12(2)10-16-8-6-13(7-9-16)15-11-14(3,4)5;/h12-13,15H,6-11H2,1-5H3;1H. The van der Waals surface area contributed by atoms with Crippen LogP contribution in [0.15, 0.2) is 0 Å². The smallest absolute Gasteiger partial charge is 0.00916 e. The molecule has 0 saturated carbocycles. The van der Waals surface area contributed by atoms with E-state index in [9.17, 15) is 0 Å². The Bertz CT molecular complexity index is 191. The molecule has 1 heterocycles. The minimum Gasteiger partial charge on any atom is -0.313 e. The fraction of sp³-hybridized carbons (Fsp3) is 1.00. The normalized spacial score (nSPS) is 19.4. The van der Waals surface area contributed by atoms with Crippen LogP contribution < -0.4 is 5.32 Å². The lowest BCUT2D eigenvalue weighted by Crippen LogP contribution is -2.45. The Morgan fingerprint density at radius 1 is 1.18 bits per heavy atom. The predicted molar refractivity (Wildman–Crippen MR) is 79.0 cm³/mol. The number of nitrogens with one attached hydrogen (secondary N) is 1. The molecule has 1 saturated heterocycles. The zero-order valence-corrected chi connectivity index (χ0v) is 13.1. The highest BCUT2D eigenvalue weighted by molar-refractivity contribution is 5.85. The molecule has 2 nitrogen and oxygen atoms in total. The van der Waals surface area contributed by atoms with Gasteiger partial charge in [-0.2, -0.15) is 0 Å². The quantitative estimate of drug-likeness (QED) is 0.837. The van der Waals surface area contributed by atoms with E-state index >= 15 is 0 Å². The van der Waals surface area contributed by atoms with E-state index in [1.807, 2.05) is 0 Å². The maximum absolute atomic E-state index is 3.71. The van der Waals surface area contributed by atoms with Crippen molar-refractivity contribution in [2.45, 2.75) is 53.5 Å². The van der Waals surface area contributed by atoms with Crippen molar-refractivity contribution in [2.75, 3.05) is 26.2 Å². The molecule has 0 spiro atoms. The van der Waals surface area contributed by atoms with E-state index in [4.69, 9.17) is 0 Å². The van der Waals surface area contributed by atoms with Gasteiger partial charge in [-0.3, -0.25) is 0 Å². The Morgan fingerprint density at radius 3 is 2.12 bits per heavy atom. The minimum absolute atomic E-state index is 0. The van der Waals surface area contributed by atoms with Crippen molar-refractivity contribution in [3.8, 4) is 0 Å². The molecule has 0 amide bonds. The summed E-state index contributed by atoms with van der Waals surface area (Å²) < 4.78 is 0. The van der Waals surface area contributed by atoms with Crippen molar-refractivity contribution >= 4 is 12.4 Å². The Balaban J connectivity index is 0.00000256. The molecule has 0 aromatic carbocycles. The lowest BCUT2D eigenvalue weighted by atomic mass is 9.95. The number of halogens is 1. The molecule has 0 aliphatic carbocycles. The summed E-state index contributed by atoms with van der Waals surface area (Å²) in [4.78, 5) is 2.61. The van der Waals surface area contributed by atoms with Crippen LogP contribution >= 0.6 is 12.4 Å². The molecule has 0 radical (unpaired) electrons. The molecule has 0 aromatic heterocycles. The maximum Gasteiger partial charge on any atom is 0.00916 e. The average molecular weight is 263 g/mol. The SMILES string of the molecule is CC(C)CN1CCC(NCC(C)(C)C)CC1.Cl. The van der Waals surface area contributed by atoms with Gasteiger partial charge < -0.3 is 10.2 Å². The number of rotatable bonds is 4. The Labute approximate surface area is 114 Å². The molecule has 0 atom stereocenters. The molecule has 1 N–H and O–H groups in total. The number of nitrogens with zero attached hydrogens (tertiary/aromatic N) is 1. The van der Waals surface area contributed by atoms with E-state index in [0.717, 1.165) is 18.5 Å². The summed E-state index contributed by atoms with van der Waals surface area (Å²) in [5.41, 5.74) is 0.412. The van der Waals surface area contributed by atoms with Crippen LogP contribution in [0.5, 0.6) is 0 Å². The van der Waals surface area contributed by atoms with Gasteiger partial charge in [0.05, 0.1) is 0 Å². The zero-order chi connectivity index (χ0) is 12.2. The third kappa shape index (κ3) is 8.01. The number of likely N-dealkylation sites (tertiary alicyclic amines) is 1. The van der Waals surface area contributed by atoms with Crippen LogP contribution in [0.3, 0.4) is 0 Å². The second-order valence-electron chi connectivity index (χ2n) is 6.91. The van der Waals surface area contributed by atoms with Crippen molar-refractivity contribution < 1.29 is 0 Å². The Kier molecular flexibility index (Phi) is 7.70. The molecular formula is C14H31ClN2. The fourth-order valence-corrected chi connectivity index (χ4v) is 2.29. The summed E-state index contributed by atoms with van der Waals surface area (Å²) in [6, 6.07) is 0.752. The second kappa shape index (κ2) is 7.60. The second-order valence-corrected chi connectivity index (χ2v) is 6.91. The van der Waals surface area contributed by atoms with Crippen molar-refractivity contribution in [1.82, 2.24) is 10.2 Å². The molecule has 1 aliphatic rings. The predicted octanol–water partition coefficient (Wildman–Crippen LogP) is 3.16. The van der Waals surface area contributed by atoms with Gasteiger partial charge in [0.2, 0.25) is 0 Å². The third-order valence-corrected chi connectivity index (χ3v) is 3.13. The summed E-state index contributed by atoms with van der Waals surface area (Å²) in [7, 11) is 0. The van der Waals surface area contributed by atoms with E-state index in [1.54, 1.807) is 0 Å². The van der Waals surface area contributed by atoms with Gasteiger partial charge in [0.25, 0.3) is 0 Å². The first-order chi connectivity index (χ1) is 7.37. The van der Waals surface area contributed by atoms with Crippen LogP contribution in [-0.4, -0.2) is 37.1 Å². The van der Waals surface area contributed by atoms with E-state index in [2.05, 4.69) is 44.8 Å². The van der Waals surface area contributed by atoms with Crippen LogP contribution in [0.2, 0.25) is 0 Å². The first-order valence-electron chi connectivity index (χ1n) is 6.82. The first kappa shape index (κ1) is 17.2. The maximum atomic E-state index is 3.71. The van der Waals surface area contributed by atoms with Gasteiger partial charge in [-0.15, -0.1) is 12.4 Å². The molecule has 3 heteroatoms. The van der Waals surface area contributed by atoms with Gasteiger partial charge in [0.15, 0.2) is 0 Å². The van der Waals surface area contributed by atoms with Crippen molar-refractivity contribution in [2.24, 2.45) is 11.3 Å². The summed E-state index contributed by atoms with van der Waals surface area (Å²) in [5.74, 6) is 0.805. The molecule has 1 fully saturated rings. The summed E-state index contributed by atoms with van der Waals surface area (Å²) >= 11 is 0. The first-order valence-corrected chi connectivity index (χ1v) is 6.82. The van der Waals surface area contributed by atoms with Crippen molar-refractivity contribution in [3.63, 3.8) is 0 Å². The zero-order valence-electron chi connectivity index (χ0n) is 12.3. The molecular weight excluding hydrogens is 232 g/mol. The summed E-state index contributed by atoms with van der Waals surface area (Å²) in [6.45, 7) is 16.5. The highest BCUT2D eigenvalue weighted by Crippen LogP contribution is 2.15. The van der Waals surface area contributed by atoms with Gasteiger partial charge in [-0.25, -0.2) is 0 Å². The van der Waals surface area contributed by atoms with Gasteiger partial charge >= 0.3 is 0 Å². The molecule has 0 unspecified atom stereocenters. The van der Waals surface area contributed by atoms with E-state index in [-0.39, 0.29) is 12.4 Å². The highest BCUT2D eigenvalue weighted by atomic mass is 35.5. The van der Waals surface area contributed by atoms with Crippen LogP contribution in [-0.2, 0) is 0 Å². The van der Waals surface area contributed by atoms with E-state index in [0.29, 0.717) is 5.41 Å². The molecule has 0 bridgehead atoms. The largest absolute Gasteiger partial charge is 0.313 e. The van der Waals surface area contributed by atoms with Crippen LogP contribution in [0.4, 0.5) is 0 Å². The van der Waals surface area contributed by atoms with Gasteiger partial charge in [-0.05, 0) is 37.3 Å². The summed E-state index contributed by atoms with van der Waals surface area (Å²) in [5, 5.41) is 3.71. The molecule has 17 heavy (non-hydrogen) atoms. The van der Waals surface area contributed by atoms with Crippen LogP contribution in [0, 0.1) is 11.3 Å². The fourth-order valence-electron chi connectivity index (χ4n) is 2.29. The number of hydrogen-bond donors (Lipinski definition) is 1.